The molecule has 0 heterocycles. The molecule has 0 aromatic heterocycles. The molecule has 1 unspecified atom stereocenters. The van der Waals surface area contributed by atoms with E-state index in [0.717, 1.165) is 24.2 Å². The molecule has 124 valence electrons. The van der Waals surface area contributed by atoms with Crippen molar-refractivity contribution in [3.63, 3.8) is 0 Å². The number of unbranched alkanes of at least 4 members (excludes halogenated alkanes) is 1. The highest BCUT2D eigenvalue weighted by molar-refractivity contribution is 5.85. The molecule has 4 nitrogen and oxygen atoms in total. The second-order valence-electron chi connectivity index (χ2n) is 6.60. The molecule has 0 spiro atoms. The van der Waals surface area contributed by atoms with Gasteiger partial charge in [0.25, 0.3) is 0 Å². The van der Waals surface area contributed by atoms with Crippen LogP contribution in [0.2, 0.25) is 0 Å². The SMILES string of the molecule is CCCCC(CC)Nc1cccc(NC(=O)OC(C)(C)C)c1. The normalized spacial score (nSPS) is 12.6. The summed E-state index contributed by atoms with van der Waals surface area (Å²) in [4.78, 5) is 11.8. The quantitative estimate of drug-likeness (QED) is 0.707. The predicted molar refractivity (Wildman–Crippen MR) is 93.5 cm³/mol. The highest BCUT2D eigenvalue weighted by Gasteiger charge is 2.16. The Morgan fingerprint density at radius 1 is 1.23 bits per heavy atom. The highest BCUT2D eigenvalue weighted by Crippen LogP contribution is 2.19. The Hall–Kier alpha value is -1.71. The third-order valence-corrected chi connectivity index (χ3v) is 3.28. The summed E-state index contributed by atoms with van der Waals surface area (Å²) in [5, 5.41) is 6.31. The zero-order chi connectivity index (χ0) is 16.6. The molecule has 0 saturated heterocycles. The number of benzene rings is 1. The first kappa shape index (κ1) is 18.3. The number of hydrogen-bond acceptors (Lipinski definition) is 3. The lowest BCUT2D eigenvalue weighted by molar-refractivity contribution is 0.0636. The number of hydrogen-bond donors (Lipinski definition) is 2. The van der Waals surface area contributed by atoms with Crippen LogP contribution in [0.3, 0.4) is 0 Å². The first-order chi connectivity index (χ1) is 10.3. The number of rotatable bonds is 7. The van der Waals surface area contributed by atoms with E-state index in [4.69, 9.17) is 4.74 Å². The summed E-state index contributed by atoms with van der Waals surface area (Å²) in [6.45, 7) is 9.95. The van der Waals surface area contributed by atoms with E-state index in [0.29, 0.717) is 6.04 Å². The number of anilines is 2. The van der Waals surface area contributed by atoms with Gasteiger partial charge in [-0.25, -0.2) is 4.79 Å². The molecule has 0 aliphatic rings. The molecule has 0 aliphatic carbocycles. The van der Waals surface area contributed by atoms with Gasteiger partial charge in [0.2, 0.25) is 0 Å². The molecular weight excluding hydrogens is 276 g/mol. The Kier molecular flexibility index (Phi) is 7.22. The summed E-state index contributed by atoms with van der Waals surface area (Å²) >= 11 is 0. The van der Waals surface area contributed by atoms with Crippen LogP contribution in [0.25, 0.3) is 0 Å². The van der Waals surface area contributed by atoms with E-state index in [1.165, 1.54) is 12.8 Å². The number of ether oxygens (including phenoxy) is 1. The third kappa shape index (κ3) is 7.34. The molecule has 1 aromatic rings. The molecule has 22 heavy (non-hydrogen) atoms. The Balaban J connectivity index is 2.63. The molecule has 1 aromatic carbocycles. The van der Waals surface area contributed by atoms with Crippen molar-refractivity contribution in [2.75, 3.05) is 10.6 Å². The van der Waals surface area contributed by atoms with Crippen LogP contribution < -0.4 is 10.6 Å². The lowest BCUT2D eigenvalue weighted by Crippen LogP contribution is -2.27. The molecule has 1 rings (SSSR count). The molecule has 1 amide bonds. The Morgan fingerprint density at radius 3 is 2.50 bits per heavy atom. The van der Waals surface area contributed by atoms with Crippen molar-refractivity contribution in [3.8, 4) is 0 Å². The van der Waals surface area contributed by atoms with E-state index < -0.39 is 11.7 Å². The molecule has 0 bridgehead atoms. The van der Waals surface area contributed by atoms with Gasteiger partial charge in [0, 0.05) is 17.4 Å². The molecule has 0 radical (unpaired) electrons. The van der Waals surface area contributed by atoms with Crippen LogP contribution in [-0.2, 0) is 4.74 Å². The molecule has 1 atom stereocenters. The number of nitrogens with one attached hydrogen (secondary N) is 2. The van der Waals surface area contributed by atoms with Gasteiger partial charge in [0.1, 0.15) is 5.60 Å². The van der Waals surface area contributed by atoms with Crippen molar-refractivity contribution in [3.05, 3.63) is 24.3 Å². The van der Waals surface area contributed by atoms with Gasteiger partial charge < -0.3 is 10.1 Å². The fourth-order valence-electron chi connectivity index (χ4n) is 2.17. The monoisotopic (exact) mass is 306 g/mol. The molecular formula is C18H30N2O2. The van der Waals surface area contributed by atoms with Crippen molar-refractivity contribution in [1.29, 1.82) is 0 Å². The van der Waals surface area contributed by atoms with Crippen LogP contribution in [-0.4, -0.2) is 17.7 Å². The number of carbonyl (C=O) groups is 1. The van der Waals surface area contributed by atoms with E-state index in [2.05, 4.69) is 24.5 Å². The summed E-state index contributed by atoms with van der Waals surface area (Å²) in [5.41, 5.74) is 1.27. The van der Waals surface area contributed by atoms with Crippen LogP contribution >= 0.6 is 0 Å². The van der Waals surface area contributed by atoms with Gasteiger partial charge in [0.05, 0.1) is 0 Å². The van der Waals surface area contributed by atoms with E-state index in [1.54, 1.807) is 0 Å². The first-order valence-electron chi connectivity index (χ1n) is 8.20. The summed E-state index contributed by atoms with van der Waals surface area (Å²) in [6.07, 6.45) is 4.25. The van der Waals surface area contributed by atoms with Crippen LogP contribution in [0.5, 0.6) is 0 Å². The van der Waals surface area contributed by atoms with Gasteiger partial charge in [-0.05, 0) is 51.8 Å². The summed E-state index contributed by atoms with van der Waals surface area (Å²) in [5.74, 6) is 0. The van der Waals surface area contributed by atoms with Crippen LogP contribution in [0, 0.1) is 0 Å². The molecule has 0 aliphatic heterocycles. The van der Waals surface area contributed by atoms with Gasteiger partial charge in [-0.1, -0.05) is 32.8 Å². The van der Waals surface area contributed by atoms with Gasteiger partial charge in [-0.15, -0.1) is 0 Å². The van der Waals surface area contributed by atoms with Crippen molar-refractivity contribution < 1.29 is 9.53 Å². The Bertz CT molecular complexity index is 466. The predicted octanol–water partition coefficient (Wildman–Crippen LogP) is 5.41. The first-order valence-corrected chi connectivity index (χ1v) is 8.20. The minimum atomic E-state index is -0.493. The van der Waals surface area contributed by atoms with Crippen molar-refractivity contribution >= 4 is 17.5 Å². The fraction of sp³-hybridized carbons (Fsp3) is 0.611. The average Bonchev–Trinajstić information content (AvgIpc) is 2.41. The molecule has 2 N–H and O–H groups in total. The lowest BCUT2D eigenvalue weighted by Gasteiger charge is -2.20. The highest BCUT2D eigenvalue weighted by atomic mass is 16.6. The zero-order valence-corrected chi connectivity index (χ0v) is 14.5. The maximum atomic E-state index is 11.8. The van der Waals surface area contributed by atoms with E-state index in [9.17, 15) is 4.79 Å². The maximum Gasteiger partial charge on any atom is 0.412 e. The smallest absolute Gasteiger partial charge is 0.412 e. The minimum absolute atomic E-state index is 0.428. The van der Waals surface area contributed by atoms with Crippen LogP contribution in [0.15, 0.2) is 24.3 Å². The fourth-order valence-corrected chi connectivity index (χ4v) is 2.17. The topological polar surface area (TPSA) is 50.4 Å². The van der Waals surface area contributed by atoms with Crippen molar-refractivity contribution in [2.24, 2.45) is 0 Å². The van der Waals surface area contributed by atoms with Gasteiger partial charge >= 0.3 is 6.09 Å². The third-order valence-electron chi connectivity index (χ3n) is 3.28. The molecule has 0 saturated carbocycles. The number of carbonyl (C=O) groups excluding carboxylic acids is 1. The molecule has 0 fully saturated rings. The van der Waals surface area contributed by atoms with E-state index >= 15 is 0 Å². The van der Waals surface area contributed by atoms with Crippen molar-refractivity contribution in [2.45, 2.75) is 71.9 Å². The maximum absolute atomic E-state index is 11.8. The second-order valence-corrected chi connectivity index (χ2v) is 6.60. The van der Waals surface area contributed by atoms with Gasteiger partial charge in [0.15, 0.2) is 0 Å². The summed E-state index contributed by atoms with van der Waals surface area (Å²) in [6, 6.07) is 8.23. The minimum Gasteiger partial charge on any atom is -0.444 e. The average molecular weight is 306 g/mol. The van der Waals surface area contributed by atoms with Crippen LogP contribution in [0.4, 0.5) is 16.2 Å². The van der Waals surface area contributed by atoms with Crippen molar-refractivity contribution in [1.82, 2.24) is 0 Å². The lowest BCUT2D eigenvalue weighted by atomic mass is 10.1. The standard InChI is InChI=1S/C18H30N2O2/c1-6-8-10-14(7-2)19-15-11-9-12-16(13-15)20-17(21)22-18(3,4)5/h9,11-14,19H,6-8,10H2,1-5H3,(H,20,21). The van der Waals surface area contributed by atoms with E-state index in [1.807, 2.05) is 45.0 Å². The van der Waals surface area contributed by atoms with E-state index in [-0.39, 0.29) is 0 Å². The zero-order valence-electron chi connectivity index (χ0n) is 14.5. The molecule has 4 heteroatoms. The Morgan fingerprint density at radius 2 is 1.91 bits per heavy atom. The van der Waals surface area contributed by atoms with Crippen LogP contribution in [0.1, 0.15) is 60.3 Å². The second kappa shape index (κ2) is 8.66. The summed E-state index contributed by atoms with van der Waals surface area (Å²) in [7, 11) is 0. The largest absolute Gasteiger partial charge is 0.444 e. The van der Waals surface area contributed by atoms with Gasteiger partial charge in [-0.2, -0.15) is 0 Å². The number of amides is 1. The Labute approximate surface area is 134 Å². The van der Waals surface area contributed by atoms with Gasteiger partial charge in [-0.3, -0.25) is 5.32 Å². The summed E-state index contributed by atoms with van der Waals surface area (Å²) < 4.78 is 5.27.